The van der Waals surface area contributed by atoms with Gasteiger partial charge in [0.2, 0.25) is 0 Å². The SMILES string of the molecule is O=C(c1cc(Br)ccc1Cl)N1CCCC(CCl)C1. The van der Waals surface area contributed by atoms with Crippen LogP contribution >= 0.6 is 39.1 Å². The van der Waals surface area contributed by atoms with Crippen LogP contribution in [0.5, 0.6) is 0 Å². The molecule has 1 aliphatic rings. The van der Waals surface area contributed by atoms with E-state index >= 15 is 0 Å². The van der Waals surface area contributed by atoms with Gasteiger partial charge in [-0.05, 0) is 37.0 Å². The molecule has 0 radical (unpaired) electrons. The Bertz CT molecular complexity index is 453. The molecule has 0 spiro atoms. The van der Waals surface area contributed by atoms with Crippen LogP contribution in [0.4, 0.5) is 0 Å². The van der Waals surface area contributed by atoms with Crippen molar-refractivity contribution in [2.45, 2.75) is 12.8 Å². The van der Waals surface area contributed by atoms with E-state index in [0.717, 1.165) is 30.4 Å². The van der Waals surface area contributed by atoms with E-state index in [-0.39, 0.29) is 5.91 Å². The van der Waals surface area contributed by atoms with E-state index in [1.54, 1.807) is 12.1 Å². The number of nitrogens with zero attached hydrogens (tertiary/aromatic N) is 1. The molecular weight excluding hydrogens is 337 g/mol. The molecule has 98 valence electrons. The molecule has 1 atom stereocenters. The van der Waals surface area contributed by atoms with Gasteiger partial charge >= 0.3 is 0 Å². The average Bonchev–Trinajstić information content (AvgIpc) is 2.41. The van der Waals surface area contributed by atoms with Crippen molar-refractivity contribution in [3.63, 3.8) is 0 Å². The molecule has 1 heterocycles. The zero-order chi connectivity index (χ0) is 13.1. The van der Waals surface area contributed by atoms with Gasteiger partial charge < -0.3 is 4.90 Å². The monoisotopic (exact) mass is 349 g/mol. The van der Waals surface area contributed by atoms with Crippen LogP contribution in [0.15, 0.2) is 22.7 Å². The van der Waals surface area contributed by atoms with E-state index in [1.165, 1.54) is 0 Å². The molecule has 0 aliphatic carbocycles. The first-order chi connectivity index (χ1) is 8.61. The summed E-state index contributed by atoms with van der Waals surface area (Å²) in [6.07, 6.45) is 2.11. The first-order valence-electron chi connectivity index (χ1n) is 5.92. The van der Waals surface area contributed by atoms with Crippen molar-refractivity contribution >= 4 is 45.0 Å². The van der Waals surface area contributed by atoms with Gasteiger partial charge in [-0.1, -0.05) is 27.5 Å². The number of hydrogen-bond acceptors (Lipinski definition) is 1. The lowest BCUT2D eigenvalue weighted by molar-refractivity contribution is 0.0685. The summed E-state index contributed by atoms with van der Waals surface area (Å²) >= 11 is 15.3. The van der Waals surface area contributed by atoms with E-state index in [1.807, 2.05) is 11.0 Å². The molecule has 5 heteroatoms. The molecule has 1 amide bonds. The molecule has 1 aliphatic heterocycles. The number of amides is 1. The van der Waals surface area contributed by atoms with Gasteiger partial charge in [0.15, 0.2) is 0 Å². The Labute approximate surface area is 125 Å². The summed E-state index contributed by atoms with van der Waals surface area (Å²) in [5.74, 6) is 1.00. The Morgan fingerprint density at radius 3 is 3.00 bits per heavy atom. The highest BCUT2D eigenvalue weighted by atomic mass is 79.9. The minimum atomic E-state index is -0.00360. The third-order valence-corrected chi connectivity index (χ3v) is 4.44. The van der Waals surface area contributed by atoms with Crippen molar-refractivity contribution in [1.29, 1.82) is 0 Å². The van der Waals surface area contributed by atoms with Crippen LogP contribution in [-0.4, -0.2) is 29.8 Å². The second kappa shape index (κ2) is 6.27. The highest BCUT2D eigenvalue weighted by Crippen LogP contribution is 2.25. The number of likely N-dealkylation sites (tertiary alicyclic amines) is 1. The fourth-order valence-corrected chi connectivity index (χ4v) is 3.02. The van der Waals surface area contributed by atoms with Gasteiger partial charge in [-0.2, -0.15) is 0 Å². The zero-order valence-electron chi connectivity index (χ0n) is 9.83. The van der Waals surface area contributed by atoms with Crippen molar-refractivity contribution < 1.29 is 4.79 Å². The number of carbonyl (C=O) groups is 1. The molecule has 2 nitrogen and oxygen atoms in total. The molecule has 0 bridgehead atoms. The van der Waals surface area contributed by atoms with Gasteiger partial charge in [0.25, 0.3) is 5.91 Å². The quantitative estimate of drug-likeness (QED) is 0.732. The molecular formula is C13H14BrCl2NO. The molecule has 0 aromatic heterocycles. The Balaban J connectivity index is 2.17. The first kappa shape index (κ1) is 14.2. The minimum absolute atomic E-state index is 0.00360. The Morgan fingerprint density at radius 2 is 2.28 bits per heavy atom. The van der Waals surface area contributed by atoms with Crippen LogP contribution in [0.1, 0.15) is 23.2 Å². The van der Waals surface area contributed by atoms with Gasteiger partial charge in [-0.15, -0.1) is 11.6 Å². The predicted octanol–water partition coefficient (Wildman–Crippen LogP) is 4.19. The summed E-state index contributed by atoms with van der Waals surface area (Å²) in [5, 5.41) is 0.496. The molecule has 1 unspecified atom stereocenters. The molecule has 1 aromatic rings. The summed E-state index contributed by atoms with van der Waals surface area (Å²) < 4.78 is 0.862. The third kappa shape index (κ3) is 3.19. The van der Waals surface area contributed by atoms with Crippen molar-refractivity contribution in [3.05, 3.63) is 33.3 Å². The molecule has 1 aromatic carbocycles. The van der Waals surface area contributed by atoms with E-state index in [0.29, 0.717) is 22.4 Å². The van der Waals surface area contributed by atoms with Gasteiger partial charge in [-0.25, -0.2) is 0 Å². The van der Waals surface area contributed by atoms with Crippen molar-refractivity contribution in [1.82, 2.24) is 4.90 Å². The number of alkyl halides is 1. The van der Waals surface area contributed by atoms with Crippen LogP contribution < -0.4 is 0 Å². The minimum Gasteiger partial charge on any atom is -0.338 e. The maximum absolute atomic E-state index is 12.4. The summed E-state index contributed by atoms with van der Waals surface area (Å²) in [5.41, 5.74) is 0.557. The van der Waals surface area contributed by atoms with Gasteiger partial charge in [0.1, 0.15) is 0 Å². The highest BCUT2D eigenvalue weighted by molar-refractivity contribution is 9.10. The molecule has 2 rings (SSSR count). The lowest BCUT2D eigenvalue weighted by Gasteiger charge is -2.32. The van der Waals surface area contributed by atoms with Crippen molar-refractivity contribution in [2.75, 3.05) is 19.0 Å². The van der Waals surface area contributed by atoms with Gasteiger partial charge in [0.05, 0.1) is 10.6 Å². The number of piperidine rings is 1. The second-order valence-corrected chi connectivity index (χ2v) is 6.17. The van der Waals surface area contributed by atoms with Crippen molar-refractivity contribution in [3.8, 4) is 0 Å². The summed E-state index contributed by atoms with van der Waals surface area (Å²) in [6.45, 7) is 1.51. The largest absolute Gasteiger partial charge is 0.338 e. The predicted molar refractivity (Wildman–Crippen MR) is 78.5 cm³/mol. The van der Waals surface area contributed by atoms with Crippen LogP contribution in [0, 0.1) is 5.92 Å². The second-order valence-electron chi connectivity index (χ2n) is 4.54. The normalized spacial score (nSPS) is 19.9. The lowest BCUT2D eigenvalue weighted by atomic mass is 9.99. The molecule has 0 saturated carbocycles. The zero-order valence-corrected chi connectivity index (χ0v) is 12.9. The molecule has 18 heavy (non-hydrogen) atoms. The maximum Gasteiger partial charge on any atom is 0.255 e. The van der Waals surface area contributed by atoms with Gasteiger partial charge in [0, 0.05) is 23.4 Å². The standard InChI is InChI=1S/C13H14BrCl2NO/c14-10-3-4-12(16)11(6-10)13(18)17-5-1-2-9(7-15)8-17/h3-4,6,9H,1-2,5,7-8H2. The number of carbonyl (C=O) groups excluding carboxylic acids is 1. The smallest absolute Gasteiger partial charge is 0.255 e. The van der Waals surface area contributed by atoms with E-state index in [9.17, 15) is 4.79 Å². The Hall–Kier alpha value is -0.250. The number of benzene rings is 1. The van der Waals surface area contributed by atoms with E-state index < -0.39 is 0 Å². The average molecular weight is 351 g/mol. The van der Waals surface area contributed by atoms with Crippen LogP contribution in [0.3, 0.4) is 0 Å². The topological polar surface area (TPSA) is 20.3 Å². The molecule has 0 N–H and O–H groups in total. The van der Waals surface area contributed by atoms with E-state index in [4.69, 9.17) is 23.2 Å². The molecule has 1 saturated heterocycles. The Kier molecular flexibility index (Phi) is 4.93. The lowest BCUT2D eigenvalue weighted by Crippen LogP contribution is -2.40. The maximum atomic E-state index is 12.4. The fraction of sp³-hybridized carbons (Fsp3) is 0.462. The number of halogens is 3. The third-order valence-electron chi connectivity index (χ3n) is 3.18. The Morgan fingerprint density at radius 1 is 1.50 bits per heavy atom. The van der Waals surface area contributed by atoms with Crippen LogP contribution in [0.25, 0.3) is 0 Å². The summed E-state index contributed by atoms with van der Waals surface area (Å²) in [7, 11) is 0. The summed E-state index contributed by atoms with van der Waals surface area (Å²) in [6, 6.07) is 5.34. The number of hydrogen-bond donors (Lipinski definition) is 0. The highest BCUT2D eigenvalue weighted by Gasteiger charge is 2.25. The van der Waals surface area contributed by atoms with Crippen LogP contribution in [0.2, 0.25) is 5.02 Å². The number of rotatable bonds is 2. The van der Waals surface area contributed by atoms with Crippen molar-refractivity contribution in [2.24, 2.45) is 5.92 Å². The summed E-state index contributed by atoms with van der Waals surface area (Å²) in [4.78, 5) is 14.3. The molecule has 1 fully saturated rings. The van der Waals surface area contributed by atoms with Gasteiger partial charge in [-0.3, -0.25) is 4.79 Å². The fourth-order valence-electron chi connectivity index (χ4n) is 2.21. The first-order valence-corrected chi connectivity index (χ1v) is 7.62. The van der Waals surface area contributed by atoms with Crippen LogP contribution in [-0.2, 0) is 0 Å². The van der Waals surface area contributed by atoms with E-state index in [2.05, 4.69) is 15.9 Å².